The molecule has 0 aromatic rings. The van der Waals surface area contributed by atoms with Gasteiger partial charge in [-0.1, -0.05) is 122 Å². The zero-order valence-electron chi connectivity index (χ0n) is 24.7. The highest BCUT2D eigenvalue weighted by Crippen LogP contribution is 2.47. The standard InChI is InChI=1S/C36H63N/c1-4-12-28(13-5-1)31-22-24-34(25-23-31)37(35-20-10-18-32(26-35)29-14-6-2-7-15-29)36-21-11-19-33(27-36)30-16-8-3-9-17-30/h28-36H,1-27H2. The lowest BCUT2D eigenvalue weighted by Crippen LogP contribution is -2.54. The van der Waals surface area contributed by atoms with Crippen molar-refractivity contribution in [2.45, 2.75) is 191 Å². The van der Waals surface area contributed by atoms with Crippen molar-refractivity contribution in [2.24, 2.45) is 35.5 Å². The summed E-state index contributed by atoms with van der Waals surface area (Å²) in [5.74, 6) is 6.49. The Balaban J connectivity index is 1.15. The Morgan fingerprint density at radius 3 is 1.03 bits per heavy atom. The third-order valence-electron chi connectivity index (χ3n) is 13.3. The van der Waals surface area contributed by atoms with E-state index in [1.165, 1.54) is 70.6 Å². The van der Waals surface area contributed by atoms with Gasteiger partial charge in [-0.2, -0.15) is 0 Å². The summed E-state index contributed by atoms with van der Waals surface area (Å²) in [7, 11) is 0. The first-order chi connectivity index (χ1) is 18.3. The topological polar surface area (TPSA) is 3.24 Å². The maximum Gasteiger partial charge on any atom is 0.0104 e. The van der Waals surface area contributed by atoms with Crippen molar-refractivity contribution in [3.63, 3.8) is 0 Å². The van der Waals surface area contributed by atoms with Crippen LogP contribution in [-0.2, 0) is 0 Å². The first-order valence-electron chi connectivity index (χ1n) is 18.1. The Hall–Kier alpha value is -0.0400. The fourth-order valence-corrected chi connectivity index (χ4v) is 11.4. The molecule has 0 heterocycles. The summed E-state index contributed by atoms with van der Waals surface area (Å²) < 4.78 is 0. The molecule has 6 fully saturated rings. The summed E-state index contributed by atoms with van der Waals surface area (Å²) >= 11 is 0. The molecule has 4 unspecified atom stereocenters. The second kappa shape index (κ2) is 13.5. The van der Waals surface area contributed by atoms with E-state index in [2.05, 4.69) is 4.90 Å². The van der Waals surface area contributed by atoms with Gasteiger partial charge in [0.1, 0.15) is 0 Å². The first kappa shape index (κ1) is 27.1. The Morgan fingerprint density at radius 1 is 0.243 bits per heavy atom. The summed E-state index contributed by atoms with van der Waals surface area (Å²) in [5, 5.41) is 0. The van der Waals surface area contributed by atoms with E-state index in [4.69, 9.17) is 0 Å². The van der Waals surface area contributed by atoms with Crippen LogP contribution in [0.1, 0.15) is 173 Å². The number of rotatable bonds is 6. The van der Waals surface area contributed by atoms with Crippen LogP contribution >= 0.6 is 0 Å². The average Bonchev–Trinajstić information content (AvgIpc) is 2.99. The van der Waals surface area contributed by atoms with Gasteiger partial charge in [-0.25, -0.2) is 0 Å². The van der Waals surface area contributed by atoms with Gasteiger partial charge in [0.05, 0.1) is 0 Å². The minimum atomic E-state index is 0.935. The van der Waals surface area contributed by atoms with Crippen LogP contribution < -0.4 is 0 Å². The average molecular weight is 510 g/mol. The minimum Gasteiger partial charge on any atom is -0.294 e. The van der Waals surface area contributed by atoms with Crippen LogP contribution in [0, 0.1) is 35.5 Å². The molecule has 0 N–H and O–H groups in total. The second-order valence-electron chi connectivity index (χ2n) is 15.4. The van der Waals surface area contributed by atoms with Gasteiger partial charge in [-0.3, -0.25) is 4.90 Å². The van der Waals surface area contributed by atoms with Crippen LogP contribution in [0.5, 0.6) is 0 Å². The van der Waals surface area contributed by atoms with Gasteiger partial charge in [0.2, 0.25) is 0 Å². The summed E-state index contributed by atoms with van der Waals surface area (Å²) in [5.41, 5.74) is 0. The van der Waals surface area contributed by atoms with Crippen molar-refractivity contribution in [3.8, 4) is 0 Å². The Kier molecular flexibility index (Phi) is 9.94. The van der Waals surface area contributed by atoms with E-state index >= 15 is 0 Å². The quantitative estimate of drug-likeness (QED) is 0.344. The van der Waals surface area contributed by atoms with Crippen molar-refractivity contribution in [1.82, 2.24) is 4.90 Å². The van der Waals surface area contributed by atoms with E-state index in [1.807, 2.05) is 0 Å². The minimum absolute atomic E-state index is 0.935. The van der Waals surface area contributed by atoms with Crippen LogP contribution in [-0.4, -0.2) is 23.0 Å². The van der Waals surface area contributed by atoms with E-state index in [0.29, 0.717) is 0 Å². The molecule has 0 amide bonds. The fourth-order valence-electron chi connectivity index (χ4n) is 11.4. The highest BCUT2D eigenvalue weighted by Gasteiger charge is 2.42. The zero-order chi connectivity index (χ0) is 24.9. The van der Waals surface area contributed by atoms with Crippen molar-refractivity contribution in [2.75, 3.05) is 0 Å². The van der Waals surface area contributed by atoms with Gasteiger partial charge >= 0.3 is 0 Å². The van der Waals surface area contributed by atoms with Crippen molar-refractivity contribution in [1.29, 1.82) is 0 Å². The third-order valence-corrected chi connectivity index (χ3v) is 13.3. The molecule has 0 aromatic carbocycles. The molecule has 0 bridgehead atoms. The maximum absolute atomic E-state index is 3.33. The van der Waals surface area contributed by atoms with E-state index in [-0.39, 0.29) is 0 Å². The molecule has 37 heavy (non-hydrogen) atoms. The number of nitrogens with zero attached hydrogens (tertiary/aromatic N) is 1. The second-order valence-corrected chi connectivity index (χ2v) is 15.4. The molecule has 1 nitrogen and oxygen atoms in total. The molecule has 0 radical (unpaired) electrons. The molecule has 0 aromatic heterocycles. The van der Waals surface area contributed by atoms with E-state index in [0.717, 1.165) is 53.6 Å². The van der Waals surface area contributed by atoms with Gasteiger partial charge in [-0.15, -0.1) is 0 Å². The Labute approximate surface area is 231 Å². The van der Waals surface area contributed by atoms with E-state index in [9.17, 15) is 0 Å². The predicted molar refractivity (Wildman–Crippen MR) is 159 cm³/mol. The lowest BCUT2D eigenvalue weighted by atomic mass is 9.68. The maximum atomic E-state index is 3.33. The van der Waals surface area contributed by atoms with Crippen LogP contribution in [0.25, 0.3) is 0 Å². The first-order valence-corrected chi connectivity index (χ1v) is 18.1. The smallest absolute Gasteiger partial charge is 0.0104 e. The largest absolute Gasteiger partial charge is 0.294 e. The van der Waals surface area contributed by atoms with E-state index < -0.39 is 0 Å². The van der Waals surface area contributed by atoms with Gasteiger partial charge < -0.3 is 0 Å². The molecule has 6 saturated carbocycles. The molecule has 4 atom stereocenters. The molecule has 212 valence electrons. The van der Waals surface area contributed by atoms with Crippen molar-refractivity contribution in [3.05, 3.63) is 0 Å². The molecule has 6 aliphatic carbocycles. The molecule has 0 aliphatic heterocycles. The molecular formula is C36H63N. The molecular weight excluding hydrogens is 446 g/mol. The lowest BCUT2D eigenvalue weighted by Gasteiger charge is -2.52. The van der Waals surface area contributed by atoms with Crippen molar-refractivity contribution < 1.29 is 0 Å². The van der Waals surface area contributed by atoms with Gasteiger partial charge in [0, 0.05) is 18.1 Å². The van der Waals surface area contributed by atoms with Crippen molar-refractivity contribution >= 4 is 0 Å². The molecule has 0 saturated heterocycles. The molecule has 1 heteroatoms. The van der Waals surface area contributed by atoms with Crippen LogP contribution in [0.15, 0.2) is 0 Å². The van der Waals surface area contributed by atoms with Crippen LogP contribution in [0.3, 0.4) is 0 Å². The predicted octanol–water partition coefficient (Wildman–Crippen LogP) is 10.7. The number of hydrogen-bond acceptors (Lipinski definition) is 1. The highest BCUT2D eigenvalue weighted by molar-refractivity contribution is 4.96. The Morgan fingerprint density at radius 2 is 0.595 bits per heavy atom. The third kappa shape index (κ3) is 6.82. The summed E-state index contributed by atoms with van der Waals surface area (Å²) in [6.07, 6.45) is 41.9. The number of hydrogen-bond donors (Lipinski definition) is 0. The van der Waals surface area contributed by atoms with Crippen LogP contribution in [0.2, 0.25) is 0 Å². The molecule has 6 aliphatic rings. The van der Waals surface area contributed by atoms with Crippen LogP contribution in [0.4, 0.5) is 0 Å². The fraction of sp³-hybridized carbons (Fsp3) is 1.00. The van der Waals surface area contributed by atoms with Gasteiger partial charge in [-0.05, 0) is 86.9 Å². The van der Waals surface area contributed by atoms with E-state index in [1.54, 1.807) is 103 Å². The molecule has 6 rings (SSSR count). The van der Waals surface area contributed by atoms with Gasteiger partial charge in [0.15, 0.2) is 0 Å². The summed E-state index contributed by atoms with van der Waals surface area (Å²) in [4.78, 5) is 3.33. The molecule has 0 spiro atoms. The SMILES string of the molecule is C1CCC(C2CCC(N(C3CCCC(C4CCCCC4)C3)C3CCCC(C4CCCCC4)C3)CC2)CC1. The zero-order valence-corrected chi connectivity index (χ0v) is 24.7. The highest BCUT2D eigenvalue weighted by atomic mass is 15.2. The normalized spacial score (nSPS) is 40.1. The summed E-state index contributed by atoms with van der Waals surface area (Å²) in [6, 6.07) is 2.81. The Bertz CT molecular complexity index is 608. The monoisotopic (exact) mass is 509 g/mol. The summed E-state index contributed by atoms with van der Waals surface area (Å²) in [6.45, 7) is 0. The lowest BCUT2D eigenvalue weighted by molar-refractivity contribution is -0.0200. The van der Waals surface area contributed by atoms with Gasteiger partial charge in [0.25, 0.3) is 0 Å².